The second kappa shape index (κ2) is 9.04. The number of halogens is 1. The highest BCUT2D eigenvalue weighted by Crippen LogP contribution is 2.14. The largest absolute Gasteiger partial charge is 0.452 e. The first-order valence-corrected chi connectivity index (χ1v) is 9.11. The van der Waals surface area contributed by atoms with Crippen molar-refractivity contribution in [3.63, 3.8) is 0 Å². The molecule has 0 spiro atoms. The molecule has 0 unspecified atom stereocenters. The maximum atomic E-state index is 13.1. The van der Waals surface area contributed by atoms with Gasteiger partial charge in [0.05, 0.1) is 11.4 Å². The van der Waals surface area contributed by atoms with Crippen LogP contribution in [0.25, 0.3) is 11.8 Å². The molecule has 30 heavy (non-hydrogen) atoms. The third-order valence-corrected chi connectivity index (χ3v) is 4.42. The van der Waals surface area contributed by atoms with Gasteiger partial charge in [-0.2, -0.15) is 0 Å². The number of amides is 1. The molecule has 0 radical (unpaired) electrons. The summed E-state index contributed by atoms with van der Waals surface area (Å²) >= 11 is 0. The topological polar surface area (TPSA) is 82.3 Å². The fourth-order valence-electron chi connectivity index (χ4n) is 2.85. The number of nitrogens with zero attached hydrogens (tertiary/aromatic N) is 2. The highest BCUT2D eigenvalue weighted by molar-refractivity contribution is 5.95. The number of carbonyl (C=O) groups is 2. The number of aromatic nitrogens is 2. The minimum Gasteiger partial charge on any atom is -0.452 e. The molecular weight excluding hydrogens is 389 g/mol. The Hall–Kier alpha value is -3.94. The van der Waals surface area contributed by atoms with Crippen LogP contribution in [0.15, 0.2) is 65.5 Å². The van der Waals surface area contributed by atoms with Crippen LogP contribution in [-0.2, 0) is 21.4 Å². The number of para-hydroxylation sites is 1. The van der Waals surface area contributed by atoms with E-state index in [1.807, 2.05) is 6.07 Å². The van der Waals surface area contributed by atoms with Gasteiger partial charge in [-0.1, -0.05) is 30.3 Å². The molecule has 0 aliphatic carbocycles. The van der Waals surface area contributed by atoms with E-state index in [1.165, 1.54) is 29.0 Å². The summed E-state index contributed by atoms with van der Waals surface area (Å²) in [6.07, 6.45) is 2.47. The van der Waals surface area contributed by atoms with Crippen molar-refractivity contribution in [2.75, 3.05) is 11.9 Å². The number of nitrogens with one attached hydrogen (secondary N) is 1. The van der Waals surface area contributed by atoms with Gasteiger partial charge in [0.2, 0.25) is 0 Å². The van der Waals surface area contributed by atoms with Crippen molar-refractivity contribution in [3.05, 3.63) is 88.1 Å². The molecule has 0 aliphatic rings. The summed E-state index contributed by atoms with van der Waals surface area (Å²) in [5, 5.41) is 2.50. The Labute approximate surface area is 172 Å². The Balaban J connectivity index is 1.64. The number of ether oxygens (including phenoxy) is 1. The van der Waals surface area contributed by atoms with Crippen LogP contribution >= 0.6 is 0 Å². The summed E-state index contributed by atoms with van der Waals surface area (Å²) in [5.74, 6) is -1.83. The summed E-state index contributed by atoms with van der Waals surface area (Å²) in [6, 6.07) is 14.7. The van der Waals surface area contributed by atoms with Crippen LogP contribution in [0.4, 0.5) is 10.1 Å². The summed E-state index contributed by atoms with van der Waals surface area (Å²) in [5.41, 5.74) is 1.40. The van der Waals surface area contributed by atoms with Gasteiger partial charge in [0.1, 0.15) is 11.5 Å². The third-order valence-electron chi connectivity index (χ3n) is 4.42. The van der Waals surface area contributed by atoms with E-state index in [0.717, 1.165) is 6.08 Å². The predicted octanol–water partition coefficient (Wildman–Crippen LogP) is 2.82. The van der Waals surface area contributed by atoms with E-state index in [1.54, 1.807) is 49.0 Å². The molecule has 0 saturated carbocycles. The van der Waals surface area contributed by atoms with Crippen LogP contribution in [0.2, 0.25) is 0 Å². The van der Waals surface area contributed by atoms with Gasteiger partial charge < -0.3 is 10.1 Å². The van der Waals surface area contributed by atoms with Crippen LogP contribution < -0.4 is 10.9 Å². The summed E-state index contributed by atoms with van der Waals surface area (Å²) in [4.78, 5) is 36.7. The smallest absolute Gasteiger partial charge is 0.331 e. The monoisotopic (exact) mass is 409 g/mol. The number of esters is 1. The van der Waals surface area contributed by atoms with Crippen molar-refractivity contribution in [2.24, 2.45) is 7.05 Å². The molecule has 0 atom stereocenters. The number of carbonyl (C=O) groups excluding carboxylic acids is 2. The molecule has 1 aromatic heterocycles. The van der Waals surface area contributed by atoms with Gasteiger partial charge in [0.15, 0.2) is 6.61 Å². The van der Waals surface area contributed by atoms with Crippen molar-refractivity contribution in [3.8, 4) is 5.69 Å². The first-order chi connectivity index (χ1) is 14.4. The first-order valence-electron chi connectivity index (χ1n) is 9.11. The number of benzene rings is 2. The summed E-state index contributed by atoms with van der Waals surface area (Å²) in [6.45, 7) is 1.13. The lowest BCUT2D eigenvalue weighted by molar-refractivity contribution is -0.142. The molecule has 1 amide bonds. The Kier molecular flexibility index (Phi) is 6.26. The van der Waals surface area contributed by atoms with Crippen LogP contribution in [0.3, 0.4) is 0 Å². The lowest BCUT2D eigenvalue weighted by atomic mass is 10.2. The number of hydrogen-bond acceptors (Lipinski definition) is 4. The highest BCUT2D eigenvalue weighted by Gasteiger charge is 2.18. The Morgan fingerprint density at radius 3 is 2.57 bits per heavy atom. The van der Waals surface area contributed by atoms with Gasteiger partial charge in [-0.05, 0) is 42.8 Å². The number of hydrogen-bond donors (Lipinski definition) is 1. The lowest BCUT2D eigenvalue weighted by Gasteiger charge is -2.07. The Bertz CT molecular complexity index is 1160. The molecule has 154 valence electrons. The average Bonchev–Trinajstić information content (AvgIpc) is 2.94. The first kappa shape index (κ1) is 20.8. The Morgan fingerprint density at radius 2 is 1.87 bits per heavy atom. The molecule has 2 aromatic carbocycles. The molecular formula is C22H20FN3O4. The van der Waals surface area contributed by atoms with Gasteiger partial charge in [-0.25, -0.2) is 13.9 Å². The van der Waals surface area contributed by atoms with Gasteiger partial charge >= 0.3 is 5.97 Å². The van der Waals surface area contributed by atoms with Crippen molar-refractivity contribution >= 4 is 23.6 Å². The van der Waals surface area contributed by atoms with Gasteiger partial charge in [-0.15, -0.1) is 0 Å². The van der Waals surface area contributed by atoms with Gasteiger partial charge in [-0.3, -0.25) is 14.3 Å². The van der Waals surface area contributed by atoms with E-state index in [4.69, 9.17) is 4.74 Å². The molecule has 0 fully saturated rings. The zero-order chi connectivity index (χ0) is 21.7. The van der Waals surface area contributed by atoms with Crippen molar-refractivity contribution < 1.29 is 18.7 Å². The second-order valence-electron chi connectivity index (χ2n) is 6.48. The average molecular weight is 409 g/mol. The molecule has 7 nitrogen and oxygen atoms in total. The quantitative estimate of drug-likeness (QED) is 0.501. The second-order valence-corrected chi connectivity index (χ2v) is 6.48. The van der Waals surface area contributed by atoms with Crippen LogP contribution in [0.1, 0.15) is 11.3 Å². The molecule has 1 heterocycles. The normalized spacial score (nSPS) is 10.9. The van der Waals surface area contributed by atoms with Crippen molar-refractivity contribution in [1.82, 2.24) is 9.36 Å². The lowest BCUT2D eigenvalue weighted by Crippen LogP contribution is -2.25. The fourth-order valence-corrected chi connectivity index (χ4v) is 2.85. The molecule has 0 saturated heterocycles. The molecule has 0 bridgehead atoms. The maximum absolute atomic E-state index is 13.1. The highest BCUT2D eigenvalue weighted by atomic mass is 19.1. The molecule has 3 aromatic rings. The zero-order valence-electron chi connectivity index (χ0n) is 16.5. The molecule has 1 N–H and O–H groups in total. The molecule has 8 heteroatoms. The van der Waals surface area contributed by atoms with Gasteiger partial charge in [0.25, 0.3) is 11.5 Å². The fraction of sp³-hybridized carbons (Fsp3) is 0.136. The minimum absolute atomic E-state index is 0.109. The van der Waals surface area contributed by atoms with E-state index < -0.39 is 29.9 Å². The third kappa shape index (κ3) is 4.72. The van der Waals surface area contributed by atoms with E-state index in [2.05, 4.69) is 5.32 Å². The SMILES string of the molecule is Cc1c(NC(=O)COC(=O)/C=C/c2cccc(F)c2)c(=O)n(-c2ccccc2)n1C. The number of anilines is 1. The van der Waals surface area contributed by atoms with Crippen LogP contribution in [-0.4, -0.2) is 27.8 Å². The van der Waals surface area contributed by atoms with Crippen LogP contribution in [0.5, 0.6) is 0 Å². The maximum Gasteiger partial charge on any atom is 0.331 e. The zero-order valence-corrected chi connectivity index (χ0v) is 16.5. The standard InChI is InChI=1S/C22H20FN3O4/c1-15-21(22(29)26(25(15)2)18-9-4-3-5-10-18)24-19(27)14-30-20(28)12-11-16-7-6-8-17(23)13-16/h3-13H,14H2,1-2H3,(H,24,27)/b12-11+. The van der Waals surface area contributed by atoms with Crippen molar-refractivity contribution in [2.45, 2.75) is 6.92 Å². The van der Waals surface area contributed by atoms with Crippen LogP contribution in [0, 0.1) is 12.7 Å². The van der Waals surface area contributed by atoms with E-state index >= 15 is 0 Å². The van der Waals surface area contributed by atoms with E-state index in [0.29, 0.717) is 16.9 Å². The molecule has 3 rings (SSSR count). The summed E-state index contributed by atoms with van der Waals surface area (Å²) < 4.78 is 21.1. The molecule has 0 aliphatic heterocycles. The van der Waals surface area contributed by atoms with Crippen molar-refractivity contribution in [1.29, 1.82) is 0 Å². The number of rotatable bonds is 6. The Morgan fingerprint density at radius 1 is 1.13 bits per heavy atom. The summed E-state index contributed by atoms with van der Waals surface area (Å²) in [7, 11) is 1.70. The minimum atomic E-state index is -0.763. The predicted molar refractivity (Wildman–Crippen MR) is 111 cm³/mol. The van der Waals surface area contributed by atoms with Gasteiger partial charge in [0, 0.05) is 13.1 Å². The van der Waals surface area contributed by atoms with E-state index in [9.17, 15) is 18.8 Å². The van der Waals surface area contributed by atoms with E-state index in [-0.39, 0.29) is 5.69 Å².